The summed E-state index contributed by atoms with van der Waals surface area (Å²) in [5, 5.41) is 6.25. The Morgan fingerprint density at radius 3 is 1.37 bits per heavy atom. The molecule has 4 aliphatic rings. The maximum atomic E-state index is 13.8. The third-order valence-electron chi connectivity index (χ3n) is 13.6. The lowest BCUT2D eigenvalue weighted by atomic mass is 9.95. The normalized spacial score (nSPS) is 18.5. The van der Waals surface area contributed by atoms with Gasteiger partial charge in [-0.15, -0.1) is 0 Å². The molecule has 0 bridgehead atoms. The van der Waals surface area contributed by atoms with Gasteiger partial charge in [-0.05, 0) is 72.9 Å². The molecular formula is C52H58Cl2N6O10. The number of nitrogens with zero attached hydrogens (tertiary/aromatic N) is 4. The lowest BCUT2D eigenvalue weighted by Crippen LogP contribution is -2.55. The number of methoxy groups -OCH3 is 2. The molecule has 2 fully saturated rings. The Labute approximate surface area is 417 Å². The van der Waals surface area contributed by atoms with Gasteiger partial charge in [-0.25, -0.2) is 9.59 Å². The molecule has 0 radical (unpaired) electrons. The van der Waals surface area contributed by atoms with Crippen molar-refractivity contribution in [2.45, 2.75) is 77.5 Å². The summed E-state index contributed by atoms with van der Waals surface area (Å²) in [4.78, 5) is 85.4. The SMILES string of the molecule is COC(=O)N[C@H](C(=O)N1CCC[C@H]1CN1C(=O)COc2cc(-c3cccc(-c4cccc(-c5ccc6c(c5)OCC(=O)N6C[C@@H]5CCCN5C(=O)[C@@H](NC(=O)OC)C(C)C)c4Cl)c3Cl)ccc21)C(C)C. The van der Waals surface area contributed by atoms with Crippen molar-refractivity contribution in [2.24, 2.45) is 11.8 Å². The summed E-state index contributed by atoms with van der Waals surface area (Å²) in [7, 11) is 2.52. The number of ether oxygens (including phenoxy) is 4. The summed E-state index contributed by atoms with van der Waals surface area (Å²) in [5.74, 6) is -0.249. The van der Waals surface area contributed by atoms with Crippen LogP contribution >= 0.6 is 23.2 Å². The first-order chi connectivity index (χ1) is 33.6. The molecule has 0 spiro atoms. The van der Waals surface area contributed by atoms with Crippen LogP contribution in [0.1, 0.15) is 53.4 Å². The summed E-state index contributed by atoms with van der Waals surface area (Å²) in [6.07, 6.45) is 1.56. The zero-order chi connectivity index (χ0) is 50.0. The predicted molar refractivity (Wildman–Crippen MR) is 266 cm³/mol. The molecule has 2 saturated heterocycles. The number of alkyl carbamates (subject to hydrolysis) is 2. The van der Waals surface area contributed by atoms with Crippen molar-refractivity contribution < 1.29 is 47.7 Å². The molecule has 0 unspecified atom stereocenters. The average molecular weight is 998 g/mol. The second kappa shape index (κ2) is 21.2. The number of carbonyl (C=O) groups is 6. The highest BCUT2D eigenvalue weighted by atomic mass is 35.5. The number of rotatable bonds is 13. The van der Waals surface area contributed by atoms with Crippen LogP contribution in [-0.4, -0.2) is 123 Å². The first-order valence-corrected chi connectivity index (χ1v) is 24.4. The second-order valence-electron chi connectivity index (χ2n) is 18.7. The fourth-order valence-corrected chi connectivity index (χ4v) is 10.6. The van der Waals surface area contributed by atoms with Gasteiger partial charge in [-0.1, -0.05) is 99.4 Å². The fraction of sp³-hybridized carbons (Fsp3) is 0.423. The van der Waals surface area contributed by atoms with Crippen LogP contribution in [0.25, 0.3) is 33.4 Å². The minimum absolute atomic E-state index is 0.176. The van der Waals surface area contributed by atoms with Crippen molar-refractivity contribution in [3.05, 3.63) is 82.8 Å². The molecular weight excluding hydrogens is 940 g/mol. The highest BCUT2D eigenvalue weighted by Crippen LogP contribution is 2.46. The van der Waals surface area contributed by atoms with Gasteiger partial charge in [0.2, 0.25) is 11.8 Å². The Balaban J connectivity index is 1.01. The monoisotopic (exact) mass is 996 g/mol. The molecule has 18 heteroatoms. The Bertz CT molecular complexity index is 2520. The highest BCUT2D eigenvalue weighted by Gasteiger charge is 2.40. The van der Waals surface area contributed by atoms with E-state index >= 15 is 0 Å². The van der Waals surface area contributed by atoms with Gasteiger partial charge in [-0.3, -0.25) is 19.2 Å². The van der Waals surface area contributed by atoms with Crippen molar-refractivity contribution in [3.63, 3.8) is 0 Å². The molecule has 6 amide bonds. The number of fused-ring (bicyclic) bond motifs is 2. The zero-order valence-corrected chi connectivity index (χ0v) is 41.6. The molecule has 70 heavy (non-hydrogen) atoms. The fourth-order valence-electron chi connectivity index (χ4n) is 9.88. The standard InChI is InChI=1S/C52H58Cl2N6O10/c1-29(2)47(55-51(65)67-5)49(63)57-21-9-11-33(57)25-59-39-19-17-31(23-41(39)69-27-43(59)61)35-13-7-15-37(45(35)53)38-16-8-14-36(46(38)54)32-18-20-40-42(24-32)70-28-44(62)60(40)26-34-12-10-22-58(34)50(64)48(30(3)4)56-52(66)68-6/h7-8,13-20,23-24,29-30,33-34,47-48H,9-12,21-22,25-28H2,1-6H3,(H,55,65)(H,56,66)/t33-,34-,47-,48-/m0/s1. The number of benzene rings is 4. The summed E-state index contributed by atoms with van der Waals surface area (Å²) in [6, 6.07) is 20.5. The number of anilines is 2. The van der Waals surface area contributed by atoms with Crippen molar-refractivity contribution in [1.29, 1.82) is 0 Å². The Morgan fingerprint density at radius 2 is 1.00 bits per heavy atom. The van der Waals surface area contributed by atoms with E-state index in [-0.39, 0.29) is 73.9 Å². The summed E-state index contributed by atoms with van der Waals surface area (Å²) < 4.78 is 21.6. The summed E-state index contributed by atoms with van der Waals surface area (Å²) in [6.45, 7) is 8.64. The highest BCUT2D eigenvalue weighted by molar-refractivity contribution is 6.39. The van der Waals surface area contributed by atoms with Crippen LogP contribution < -0.4 is 29.9 Å². The van der Waals surface area contributed by atoms with E-state index in [9.17, 15) is 28.8 Å². The number of hydrogen-bond donors (Lipinski definition) is 2. The first kappa shape index (κ1) is 49.9. The predicted octanol–water partition coefficient (Wildman–Crippen LogP) is 8.19. The Morgan fingerprint density at radius 1 is 0.614 bits per heavy atom. The second-order valence-corrected chi connectivity index (χ2v) is 19.4. The minimum atomic E-state index is -0.774. The smallest absolute Gasteiger partial charge is 0.407 e. The largest absolute Gasteiger partial charge is 0.482 e. The van der Waals surface area contributed by atoms with Gasteiger partial charge in [-0.2, -0.15) is 0 Å². The zero-order valence-electron chi connectivity index (χ0n) is 40.1. The van der Waals surface area contributed by atoms with Gasteiger partial charge in [0.05, 0.1) is 35.6 Å². The van der Waals surface area contributed by atoms with E-state index in [0.717, 1.165) is 35.1 Å². The van der Waals surface area contributed by atoms with Crippen molar-refractivity contribution in [2.75, 3.05) is 63.4 Å². The summed E-state index contributed by atoms with van der Waals surface area (Å²) >= 11 is 14.5. The van der Waals surface area contributed by atoms with Gasteiger partial charge < -0.3 is 49.2 Å². The molecule has 4 aromatic rings. The first-order valence-electron chi connectivity index (χ1n) is 23.6. The number of amides is 6. The summed E-state index contributed by atoms with van der Waals surface area (Å²) in [5.41, 5.74) is 5.49. The topological polar surface area (TPSA) is 176 Å². The molecule has 16 nitrogen and oxygen atoms in total. The van der Waals surface area contributed by atoms with E-state index in [1.807, 2.05) is 100 Å². The van der Waals surface area contributed by atoms with Crippen LogP contribution in [0.2, 0.25) is 10.0 Å². The molecule has 4 atom stereocenters. The van der Waals surface area contributed by atoms with Gasteiger partial charge in [0.1, 0.15) is 23.6 Å². The third-order valence-corrected chi connectivity index (χ3v) is 14.4. The van der Waals surface area contributed by atoms with Crippen LogP contribution in [-0.2, 0) is 28.7 Å². The van der Waals surface area contributed by atoms with Crippen LogP contribution in [0.4, 0.5) is 21.0 Å². The quantitative estimate of drug-likeness (QED) is 0.133. The molecule has 4 aromatic carbocycles. The van der Waals surface area contributed by atoms with Crippen LogP contribution in [0.5, 0.6) is 11.5 Å². The molecule has 8 rings (SSSR count). The molecule has 0 aromatic heterocycles. The lowest BCUT2D eigenvalue weighted by molar-refractivity contribution is -0.136. The maximum Gasteiger partial charge on any atom is 0.407 e. The van der Waals surface area contributed by atoms with E-state index < -0.39 is 24.3 Å². The van der Waals surface area contributed by atoms with E-state index in [2.05, 4.69) is 10.6 Å². The average Bonchev–Trinajstić information content (AvgIpc) is 4.03. The molecule has 0 saturated carbocycles. The van der Waals surface area contributed by atoms with E-state index in [1.165, 1.54) is 14.2 Å². The number of hydrogen-bond acceptors (Lipinski definition) is 10. The Kier molecular flexibility index (Phi) is 15.1. The lowest BCUT2D eigenvalue weighted by Gasteiger charge is -2.36. The molecule has 4 heterocycles. The molecule has 2 N–H and O–H groups in total. The van der Waals surface area contributed by atoms with Crippen molar-refractivity contribution >= 4 is 70.4 Å². The van der Waals surface area contributed by atoms with Crippen molar-refractivity contribution in [1.82, 2.24) is 20.4 Å². The third kappa shape index (κ3) is 10.1. The number of nitrogens with one attached hydrogen (secondary N) is 2. The van der Waals surface area contributed by atoms with E-state index in [1.54, 1.807) is 19.6 Å². The minimum Gasteiger partial charge on any atom is -0.482 e. The maximum absolute atomic E-state index is 13.8. The van der Waals surface area contributed by atoms with Gasteiger partial charge in [0, 0.05) is 60.5 Å². The van der Waals surface area contributed by atoms with Crippen LogP contribution in [0.15, 0.2) is 72.8 Å². The molecule has 4 aliphatic heterocycles. The van der Waals surface area contributed by atoms with E-state index in [0.29, 0.717) is 70.0 Å². The molecule has 370 valence electrons. The number of carbonyl (C=O) groups excluding carboxylic acids is 6. The number of halogens is 2. The van der Waals surface area contributed by atoms with Crippen LogP contribution in [0.3, 0.4) is 0 Å². The number of likely N-dealkylation sites (tertiary alicyclic amines) is 2. The van der Waals surface area contributed by atoms with Gasteiger partial charge in [0.25, 0.3) is 11.8 Å². The van der Waals surface area contributed by atoms with E-state index in [4.69, 9.17) is 42.1 Å². The van der Waals surface area contributed by atoms with Gasteiger partial charge in [0.15, 0.2) is 13.2 Å². The van der Waals surface area contributed by atoms with Gasteiger partial charge >= 0.3 is 12.2 Å². The molecule has 0 aliphatic carbocycles. The van der Waals surface area contributed by atoms with Crippen molar-refractivity contribution in [3.8, 4) is 44.9 Å². The Hall–Kier alpha value is -6.52. The van der Waals surface area contributed by atoms with Crippen LogP contribution in [0, 0.1) is 11.8 Å².